The predicted octanol–water partition coefficient (Wildman–Crippen LogP) is 3.48. The molecule has 1 aromatic rings. The molecule has 1 heterocycles. The Hall–Kier alpha value is -1.11. The average molecular weight is 355 g/mol. The van der Waals surface area contributed by atoms with E-state index >= 15 is 0 Å². The zero-order valence-electron chi connectivity index (χ0n) is 14.7. The lowest BCUT2D eigenvalue weighted by atomic mass is 10.1. The minimum absolute atomic E-state index is 0.356. The summed E-state index contributed by atoms with van der Waals surface area (Å²) in [5, 5.41) is 3.37. The van der Waals surface area contributed by atoms with Crippen LogP contribution in [0.15, 0.2) is 29.2 Å². The van der Waals surface area contributed by atoms with Gasteiger partial charge in [-0.1, -0.05) is 39.0 Å². The molecule has 0 saturated carbocycles. The first-order chi connectivity index (χ1) is 11.6. The molecule has 136 valence electrons. The maximum absolute atomic E-state index is 12.5. The Kier molecular flexibility index (Phi) is 8.02. The molecule has 0 atom stereocenters. The third-order valence-electron chi connectivity index (χ3n) is 4.32. The number of nitrogens with one attached hydrogen (secondary N) is 1. The number of unbranched alkanes of at least 4 members (excludes halogenated alkanes) is 5. The number of sulfonamides is 1. The molecule has 0 unspecified atom stereocenters. The summed E-state index contributed by atoms with van der Waals surface area (Å²) in [5.74, 6) is 0. The molecule has 1 aliphatic heterocycles. The van der Waals surface area contributed by atoms with E-state index in [0.29, 0.717) is 31.2 Å². The first kappa shape index (κ1) is 19.2. The van der Waals surface area contributed by atoms with Gasteiger partial charge in [-0.15, -0.1) is 0 Å². The lowest BCUT2D eigenvalue weighted by Gasteiger charge is -2.26. The van der Waals surface area contributed by atoms with Gasteiger partial charge in [0.2, 0.25) is 10.0 Å². The molecule has 0 bridgehead atoms. The number of nitrogens with zero attached hydrogens (tertiary/aromatic N) is 1. The number of benzene rings is 1. The minimum atomic E-state index is -3.39. The maximum atomic E-state index is 12.5. The Labute approximate surface area is 146 Å². The van der Waals surface area contributed by atoms with Crippen molar-refractivity contribution in [3.63, 3.8) is 0 Å². The van der Waals surface area contributed by atoms with Crippen LogP contribution in [0.5, 0.6) is 0 Å². The van der Waals surface area contributed by atoms with E-state index in [1.807, 2.05) is 12.1 Å². The molecule has 0 spiro atoms. The quantitative estimate of drug-likeness (QED) is 0.654. The summed E-state index contributed by atoms with van der Waals surface area (Å²) in [6.07, 6.45) is 7.62. The fourth-order valence-corrected chi connectivity index (χ4v) is 4.23. The largest absolute Gasteiger partial charge is 0.385 e. The highest BCUT2D eigenvalue weighted by atomic mass is 32.2. The summed E-state index contributed by atoms with van der Waals surface area (Å²) >= 11 is 0. The van der Waals surface area contributed by atoms with Crippen LogP contribution in [0.25, 0.3) is 0 Å². The molecule has 2 rings (SSSR count). The van der Waals surface area contributed by atoms with Crippen LogP contribution in [0.2, 0.25) is 0 Å². The molecule has 1 fully saturated rings. The van der Waals surface area contributed by atoms with Crippen LogP contribution in [0.4, 0.5) is 5.69 Å². The van der Waals surface area contributed by atoms with Crippen LogP contribution in [0.1, 0.15) is 45.4 Å². The van der Waals surface area contributed by atoms with E-state index in [2.05, 4.69) is 12.2 Å². The number of rotatable bonds is 10. The molecular weight excluding hydrogens is 324 g/mol. The van der Waals surface area contributed by atoms with Gasteiger partial charge in [0.05, 0.1) is 18.1 Å². The van der Waals surface area contributed by atoms with Crippen LogP contribution < -0.4 is 5.32 Å². The van der Waals surface area contributed by atoms with Crippen LogP contribution >= 0.6 is 0 Å². The number of ether oxygens (including phenoxy) is 1. The van der Waals surface area contributed by atoms with Crippen molar-refractivity contribution >= 4 is 15.7 Å². The summed E-state index contributed by atoms with van der Waals surface area (Å²) in [6, 6.07) is 7.08. The number of anilines is 1. The van der Waals surface area contributed by atoms with Crippen LogP contribution in [0.3, 0.4) is 0 Å². The molecule has 1 saturated heterocycles. The fourth-order valence-electron chi connectivity index (χ4n) is 2.82. The van der Waals surface area contributed by atoms with Crippen LogP contribution in [-0.4, -0.2) is 45.6 Å². The number of hydrogen-bond acceptors (Lipinski definition) is 4. The highest BCUT2D eigenvalue weighted by Crippen LogP contribution is 2.19. The van der Waals surface area contributed by atoms with Gasteiger partial charge in [0.1, 0.15) is 0 Å². The Balaban J connectivity index is 1.78. The SMILES string of the molecule is CCCCCCCCNc1ccc(S(=O)(=O)N2CCOCC2)cc1. The van der Waals surface area contributed by atoms with Gasteiger partial charge in [0, 0.05) is 25.3 Å². The highest BCUT2D eigenvalue weighted by molar-refractivity contribution is 7.89. The minimum Gasteiger partial charge on any atom is -0.385 e. The first-order valence-corrected chi connectivity index (χ1v) is 10.5. The van der Waals surface area contributed by atoms with Crippen molar-refractivity contribution in [2.45, 2.75) is 50.3 Å². The van der Waals surface area contributed by atoms with Gasteiger partial charge < -0.3 is 10.1 Å². The number of hydrogen-bond donors (Lipinski definition) is 1. The normalized spacial score (nSPS) is 16.2. The second-order valence-corrected chi connectivity index (χ2v) is 8.17. The molecule has 0 radical (unpaired) electrons. The maximum Gasteiger partial charge on any atom is 0.243 e. The first-order valence-electron chi connectivity index (χ1n) is 9.06. The van der Waals surface area contributed by atoms with E-state index in [0.717, 1.165) is 18.7 Å². The lowest BCUT2D eigenvalue weighted by Crippen LogP contribution is -2.40. The van der Waals surface area contributed by atoms with E-state index in [4.69, 9.17) is 4.74 Å². The monoisotopic (exact) mass is 354 g/mol. The fraction of sp³-hybridized carbons (Fsp3) is 0.667. The van der Waals surface area contributed by atoms with Crippen molar-refractivity contribution in [1.29, 1.82) is 0 Å². The Morgan fingerprint density at radius 2 is 1.62 bits per heavy atom. The van der Waals surface area contributed by atoms with Crippen molar-refractivity contribution in [2.24, 2.45) is 0 Å². The molecule has 1 aromatic carbocycles. The van der Waals surface area contributed by atoms with E-state index < -0.39 is 10.0 Å². The summed E-state index contributed by atoms with van der Waals surface area (Å²) in [4.78, 5) is 0.356. The molecule has 1 N–H and O–H groups in total. The van der Waals surface area contributed by atoms with Crippen LogP contribution in [-0.2, 0) is 14.8 Å². The van der Waals surface area contributed by atoms with Gasteiger partial charge in [0.15, 0.2) is 0 Å². The van der Waals surface area contributed by atoms with Crippen LogP contribution in [0, 0.1) is 0 Å². The molecule has 0 aliphatic carbocycles. The zero-order chi connectivity index (χ0) is 17.3. The van der Waals surface area contributed by atoms with Gasteiger partial charge in [-0.3, -0.25) is 0 Å². The van der Waals surface area contributed by atoms with E-state index in [1.54, 1.807) is 12.1 Å². The smallest absolute Gasteiger partial charge is 0.243 e. The molecule has 6 heteroatoms. The molecular formula is C18H30N2O3S. The lowest BCUT2D eigenvalue weighted by molar-refractivity contribution is 0.0730. The third-order valence-corrected chi connectivity index (χ3v) is 6.23. The van der Waals surface area contributed by atoms with Crippen molar-refractivity contribution < 1.29 is 13.2 Å². The Morgan fingerprint density at radius 1 is 1.00 bits per heavy atom. The van der Waals surface area contributed by atoms with E-state index in [1.165, 1.54) is 36.4 Å². The Bertz CT molecular complexity index is 566. The molecule has 24 heavy (non-hydrogen) atoms. The topological polar surface area (TPSA) is 58.6 Å². The highest BCUT2D eigenvalue weighted by Gasteiger charge is 2.25. The van der Waals surface area contributed by atoms with E-state index in [-0.39, 0.29) is 0 Å². The zero-order valence-corrected chi connectivity index (χ0v) is 15.5. The molecule has 1 aliphatic rings. The molecule has 0 amide bonds. The van der Waals surface area contributed by atoms with Crippen molar-refractivity contribution in [3.8, 4) is 0 Å². The summed E-state index contributed by atoms with van der Waals surface area (Å²) in [7, 11) is -3.39. The van der Waals surface area contributed by atoms with Gasteiger partial charge in [-0.25, -0.2) is 8.42 Å². The van der Waals surface area contributed by atoms with Crippen molar-refractivity contribution in [1.82, 2.24) is 4.31 Å². The summed E-state index contributed by atoms with van der Waals surface area (Å²) in [5.41, 5.74) is 0.976. The van der Waals surface area contributed by atoms with Gasteiger partial charge in [-0.05, 0) is 30.7 Å². The standard InChI is InChI=1S/C18H30N2O3S/c1-2-3-4-5-6-7-12-19-17-8-10-18(11-9-17)24(21,22)20-13-15-23-16-14-20/h8-11,19H,2-7,12-16H2,1H3. The molecule has 5 nitrogen and oxygen atoms in total. The second kappa shape index (κ2) is 10.0. The van der Waals surface area contributed by atoms with Gasteiger partial charge >= 0.3 is 0 Å². The Morgan fingerprint density at radius 3 is 2.29 bits per heavy atom. The third kappa shape index (κ3) is 5.76. The molecule has 0 aromatic heterocycles. The van der Waals surface area contributed by atoms with Crippen molar-refractivity contribution in [2.75, 3.05) is 38.2 Å². The number of morpholine rings is 1. The summed E-state index contributed by atoms with van der Waals surface area (Å²) < 4.78 is 31.8. The summed E-state index contributed by atoms with van der Waals surface area (Å²) in [6.45, 7) is 4.96. The van der Waals surface area contributed by atoms with Gasteiger partial charge in [0.25, 0.3) is 0 Å². The van der Waals surface area contributed by atoms with E-state index in [9.17, 15) is 8.42 Å². The van der Waals surface area contributed by atoms with Gasteiger partial charge in [-0.2, -0.15) is 4.31 Å². The predicted molar refractivity (Wildman–Crippen MR) is 97.9 cm³/mol. The van der Waals surface area contributed by atoms with Crippen molar-refractivity contribution in [3.05, 3.63) is 24.3 Å². The average Bonchev–Trinajstić information content (AvgIpc) is 2.62. The second-order valence-electron chi connectivity index (χ2n) is 6.24.